The van der Waals surface area contributed by atoms with Crippen LogP contribution in [0.25, 0.3) is 0 Å². The molecule has 3 aromatic rings. The van der Waals surface area contributed by atoms with Crippen LogP contribution in [0, 0.1) is 11.8 Å². The number of carbonyl (C=O) groups is 6. The molecule has 72 heavy (non-hydrogen) atoms. The Hall–Kier alpha value is -5.99. The minimum atomic E-state index is -0.950. The fraction of sp³-hybridized carbons (Fsp3) is 0.635. The molecule has 5 amide bonds. The van der Waals surface area contributed by atoms with Crippen LogP contribution >= 0.6 is 0 Å². The number of hydrogen-bond acceptors (Lipinski definition) is 16. The van der Waals surface area contributed by atoms with Crippen LogP contribution in [0.5, 0.6) is 0 Å². The summed E-state index contributed by atoms with van der Waals surface area (Å²) < 4.78 is 6.92. The average molecular weight is 992 g/mol. The summed E-state index contributed by atoms with van der Waals surface area (Å²) in [6.07, 6.45) is 17.7. The molecule has 2 saturated carbocycles. The molecule has 20 nitrogen and oxygen atoms in total. The first-order valence-electron chi connectivity index (χ1n) is 26.5. The normalized spacial score (nSPS) is 24.1. The third kappa shape index (κ3) is 12.1. The first-order valence-corrected chi connectivity index (χ1v) is 26.5. The van der Waals surface area contributed by atoms with Gasteiger partial charge in [0.2, 0.25) is 23.7 Å². The van der Waals surface area contributed by atoms with Crippen LogP contribution in [-0.2, 0) is 26.2 Å². The van der Waals surface area contributed by atoms with E-state index >= 15 is 0 Å². The molecule has 1 atom stereocenters. The number of benzene rings is 1. The number of hydrogen-bond donors (Lipinski definition) is 3. The summed E-state index contributed by atoms with van der Waals surface area (Å²) in [4.78, 5) is 97.2. The predicted molar refractivity (Wildman–Crippen MR) is 271 cm³/mol. The highest BCUT2D eigenvalue weighted by atomic mass is 16.5. The number of likely N-dealkylation sites (tertiary alicyclic amines) is 1. The summed E-state index contributed by atoms with van der Waals surface area (Å²) >= 11 is 0. The van der Waals surface area contributed by atoms with E-state index in [4.69, 9.17) is 4.74 Å². The zero-order valence-corrected chi connectivity index (χ0v) is 42.4. The van der Waals surface area contributed by atoms with Gasteiger partial charge in [-0.25, -0.2) is 9.78 Å². The van der Waals surface area contributed by atoms with Crippen molar-refractivity contribution in [3.63, 3.8) is 0 Å². The second-order valence-electron chi connectivity index (χ2n) is 20.8. The average Bonchev–Trinajstić information content (AvgIpc) is 3.92. The van der Waals surface area contributed by atoms with Crippen molar-refractivity contribution in [3.8, 4) is 0 Å². The van der Waals surface area contributed by atoms with Crippen LogP contribution in [0.1, 0.15) is 121 Å². The van der Waals surface area contributed by atoms with Crippen LogP contribution < -0.4 is 20.9 Å². The Kier molecular flexibility index (Phi) is 16.5. The number of esters is 1. The number of ether oxygens (including phenoxy) is 1. The van der Waals surface area contributed by atoms with Crippen LogP contribution in [0.15, 0.2) is 36.8 Å². The molecule has 6 fully saturated rings. The van der Waals surface area contributed by atoms with Crippen molar-refractivity contribution in [3.05, 3.63) is 53.5 Å². The van der Waals surface area contributed by atoms with E-state index in [0.29, 0.717) is 52.9 Å². The molecule has 7 heterocycles. The lowest BCUT2D eigenvalue weighted by atomic mass is 9.87. The van der Waals surface area contributed by atoms with E-state index in [9.17, 15) is 28.8 Å². The summed E-state index contributed by atoms with van der Waals surface area (Å²) in [7, 11) is 4.04. The van der Waals surface area contributed by atoms with Crippen molar-refractivity contribution in [1.82, 2.24) is 49.6 Å². The lowest BCUT2D eigenvalue weighted by molar-refractivity contribution is -0.138. The highest BCUT2D eigenvalue weighted by molar-refractivity contribution is 6.23. The minimum absolute atomic E-state index is 0.108. The number of rotatable bonds is 12. The number of anilines is 4. The summed E-state index contributed by atoms with van der Waals surface area (Å²) in [5.41, 5.74) is 2.69. The van der Waals surface area contributed by atoms with Gasteiger partial charge in [-0.05, 0) is 95.9 Å². The van der Waals surface area contributed by atoms with Crippen molar-refractivity contribution >= 4 is 58.6 Å². The Morgan fingerprint density at radius 1 is 0.792 bits per heavy atom. The molecule has 1 aromatic carbocycles. The van der Waals surface area contributed by atoms with Crippen molar-refractivity contribution in [2.75, 3.05) is 101 Å². The maximum atomic E-state index is 13.2. The van der Waals surface area contributed by atoms with Gasteiger partial charge in [-0.1, -0.05) is 19.3 Å². The topological polar surface area (TPSA) is 211 Å². The minimum Gasteiger partial charge on any atom is -0.462 e. The Balaban J connectivity index is 0.000000182. The third-order valence-electron chi connectivity index (χ3n) is 15.9. The molecule has 4 saturated heterocycles. The second kappa shape index (κ2) is 23.3. The number of nitrogens with zero attached hydrogens (tertiary/aromatic N) is 10. The zero-order valence-electron chi connectivity index (χ0n) is 42.4. The molecule has 1 unspecified atom stereocenters. The molecular weight excluding hydrogens is 919 g/mol. The molecule has 0 spiro atoms. The molecular formula is C52H73N13O7. The molecule has 10 rings (SSSR count). The van der Waals surface area contributed by atoms with Gasteiger partial charge in [0.25, 0.3) is 11.8 Å². The number of amides is 5. The molecule has 3 N–H and O–H groups in total. The molecule has 2 aliphatic carbocycles. The third-order valence-corrected chi connectivity index (χ3v) is 15.9. The Bertz CT molecular complexity index is 2430. The van der Waals surface area contributed by atoms with Crippen molar-refractivity contribution in [2.45, 2.75) is 109 Å². The van der Waals surface area contributed by atoms with E-state index in [1.807, 2.05) is 19.3 Å². The summed E-state index contributed by atoms with van der Waals surface area (Å²) in [6.45, 7) is 13.0. The summed E-state index contributed by atoms with van der Waals surface area (Å²) in [5.74, 6) is -0.128. The van der Waals surface area contributed by atoms with Crippen molar-refractivity contribution in [2.24, 2.45) is 18.9 Å². The van der Waals surface area contributed by atoms with Crippen LogP contribution in [-0.4, -0.2) is 184 Å². The van der Waals surface area contributed by atoms with Crippen molar-refractivity contribution in [1.29, 1.82) is 0 Å². The quantitative estimate of drug-likeness (QED) is 0.172. The van der Waals surface area contributed by atoms with Gasteiger partial charge in [-0.3, -0.25) is 48.7 Å². The van der Waals surface area contributed by atoms with E-state index in [1.165, 1.54) is 25.5 Å². The molecule has 2 aromatic heterocycles. The smallest absolute Gasteiger partial charge is 0.343 e. The number of aryl methyl sites for hydroxylation is 1. The van der Waals surface area contributed by atoms with Gasteiger partial charge in [0.1, 0.15) is 17.4 Å². The van der Waals surface area contributed by atoms with Crippen LogP contribution in [0.2, 0.25) is 0 Å². The number of likely N-dealkylation sites (N-methyl/N-ethyl adjacent to an activating group) is 1. The Morgan fingerprint density at radius 2 is 1.51 bits per heavy atom. The van der Waals surface area contributed by atoms with Gasteiger partial charge < -0.3 is 30.1 Å². The number of aromatic nitrogens is 4. The number of piperidine rings is 2. The molecule has 0 radical (unpaired) electrons. The van der Waals surface area contributed by atoms with Gasteiger partial charge in [-0.2, -0.15) is 10.1 Å². The van der Waals surface area contributed by atoms with E-state index < -0.39 is 29.7 Å². The highest BCUT2D eigenvalue weighted by Crippen LogP contribution is 2.33. The second-order valence-corrected chi connectivity index (χ2v) is 20.8. The molecule has 5 aliphatic heterocycles. The maximum Gasteiger partial charge on any atom is 0.343 e. The maximum absolute atomic E-state index is 13.2. The molecule has 7 aliphatic rings. The van der Waals surface area contributed by atoms with E-state index in [2.05, 4.69) is 62.6 Å². The summed E-state index contributed by atoms with van der Waals surface area (Å²) in [6, 6.07) is 5.32. The monoisotopic (exact) mass is 992 g/mol. The zero-order chi connectivity index (χ0) is 50.3. The Morgan fingerprint density at radius 3 is 2.19 bits per heavy atom. The van der Waals surface area contributed by atoms with Crippen LogP contribution in [0.4, 0.5) is 23.1 Å². The van der Waals surface area contributed by atoms with Crippen LogP contribution in [0.3, 0.4) is 0 Å². The van der Waals surface area contributed by atoms with E-state index in [1.54, 1.807) is 29.9 Å². The van der Waals surface area contributed by atoms with Gasteiger partial charge in [0.15, 0.2) is 0 Å². The molecule has 388 valence electrons. The van der Waals surface area contributed by atoms with Gasteiger partial charge in [0, 0.05) is 122 Å². The summed E-state index contributed by atoms with van der Waals surface area (Å²) in [5, 5.41) is 13.0. The number of carbonyl (C=O) groups excluding carboxylic acids is 6. The van der Waals surface area contributed by atoms with Gasteiger partial charge in [-0.15, -0.1) is 0 Å². The standard InChI is InChI=1S/C30H39N5O5.C22H34N8O2/c36-26-9-8-25(27(37)31-26)35-29(39)23-7-6-22(18-24(23)30(35)40)33-16-14-32(15-17-33)19-20-10-12-34(13-11-20)28(38)21-4-2-1-3-5-21;1-4-32-21(31)19-14-23-22(26-17-13-24-29(3)15-17)27-20(19)25-16-5-7-18(8-6-16)30-11-9-28(2)10-12-30/h6-7,18,20-21,25H,1-5,8-17,19H2,(H,31,36,37);13-16,18H,4-12H2,1-3H3,(H2,23,25,26,27). The van der Waals surface area contributed by atoms with E-state index in [0.717, 1.165) is 140 Å². The largest absolute Gasteiger partial charge is 0.462 e. The fourth-order valence-electron chi connectivity index (χ4n) is 11.6. The van der Waals surface area contributed by atoms with E-state index in [-0.39, 0.29) is 30.7 Å². The molecule has 20 heteroatoms. The van der Waals surface area contributed by atoms with Gasteiger partial charge >= 0.3 is 5.97 Å². The highest BCUT2D eigenvalue weighted by Gasteiger charge is 2.45. The fourth-order valence-corrected chi connectivity index (χ4v) is 11.6. The number of imide groups is 2. The first kappa shape index (κ1) is 50.9. The number of fused-ring (bicyclic) bond motifs is 1. The number of piperazine rings is 2. The van der Waals surface area contributed by atoms with Gasteiger partial charge in [0.05, 0.1) is 29.6 Å². The lowest BCUT2D eigenvalue weighted by Crippen LogP contribution is -2.54. The molecule has 0 bridgehead atoms. The van der Waals surface area contributed by atoms with Crippen molar-refractivity contribution < 1.29 is 33.5 Å². The first-order chi connectivity index (χ1) is 34.9. The predicted octanol–water partition coefficient (Wildman–Crippen LogP) is 4.13. The lowest BCUT2D eigenvalue weighted by Gasteiger charge is -2.41. The number of nitrogens with one attached hydrogen (secondary N) is 3. The Labute approximate surface area is 422 Å². The SMILES string of the molecule is CCOC(=O)c1cnc(Nc2cnn(C)c2)nc1NC1CCC(N2CCN(C)CC2)CC1.O=C1CCC(N2C(=O)c3ccc(N4CCN(CC5CCN(C(=O)C6CCCCC6)CC5)CC4)cc3C2=O)C(=O)N1.